The Labute approximate surface area is 183 Å². The van der Waals surface area contributed by atoms with E-state index in [4.69, 9.17) is 9.72 Å². The van der Waals surface area contributed by atoms with E-state index in [2.05, 4.69) is 39.5 Å². The second kappa shape index (κ2) is 9.90. The lowest BCUT2D eigenvalue weighted by molar-refractivity contribution is 0.243. The third-order valence-electron chi connectivity index (χ3n) is 5.71. The maximum Gasteiger partial charge on any atom is 0.134 e. The van der Waals surface area contributed by atoms with Gasteiger partial charge >= 0.3 is 0 Å². The van der Waals surface area contributed by atoms with Crippen LogP contribution in [0.3, 0.4) is 0 Å². The molecule has 2 aromatic heterocycles. The van der Waals surface area contributed by atoms with Gasteiger partial charge in [-0.2, -0.15) is 0 Å². The summed E-state index contributed by atoms with van der Waals surface area (Å²) in [6.07, 6.45) is 4.02. The van der Waals surface area contributed by atoms with Crippen molar-refractivity contribution < 1.29 is 9.84 Å². The van der Waals surface area contributed by atoms with Crippen LogP contribution < -0.4 is 10.1 Å². The lowest BCUT2D eigenvalue weighted by Gasteiger charge is -2.25. The number of aromatic nitrogens is 2. The standard InChI is InChI=1S/C25H30N4O2/c1-3-31-23-12-11-19(15-20(23)17-30)16-29-14-6-9-22(29)21-8-4-10-24(27-21)28-25-18(2)7-5-13-26-25/h4-5,7-8,10-13,15,22,30H,3,6,9,14,16-17H2,1-2H3,(H,26,27,28). The number of benzene rings is 1. The Bertz CT molecular complexity index is 1020. The Morgan fingerprint density at radius 1 is 1.19 bits per heavy atom. The summed E-state index contributed by atoms with van der Waals surface area (Å²) >= 11 is 0. The maximum atomic E-state index is 9.72. The van der Waals surface area contributed by atoms with Gasteiger partial charge in [-0.05, 0) is 74.7 Å². The van der Waals surface area contributed by atoms with Crippen molar-refractivity contribution in [1.82, 2.24) is 14.9 Å². The summed E-state index contributed by atoms with van der Waals surface area (Å²) in [7, 11) is 0. The molecule has 3 aromatic rings. The van der Waals surface area contributed by atoms with Gasteiger partial charge in [-0.15, -0.1) is 0 Å². The van der Waals surface area contributed by atoms with E-state index in [1.165, 1.54) is 5.56 Å². The number of nitrogens with zero attached hydrogens (tertiary/aromatic N) is 3. The molecule has 1 atom stereocenters. The van der Waals surface area contributed by atoms with Crippen molar-refractivity contribution in [3.63, 3.8) is 0 Å². The molecule has 6 heteroatoms. The molecule has 162 valence electrons. The minimum Gasteiger partial charge on any atom is -0.494 e. The highest BCUT2D eigenvalue weighted by Crippen LogP contribution is 2.33. The Morgan fingerprint density at radius 3 is 2.90 bits per heavy atom. The van der Waals surface area contributed by atoms with Gasteiger partial charge in [-0.1, -0.05) is 18.2 Å². The average Bonchev–Trinajstić information content (AvgIpc) is 3.25. The van der Waals surface area contributed by atoms with E-state index in [0.29, 0.717) is 6.61 Å². The Kier molecular flexibility index (Phi) is 6.79. The fourth-order valence-electron chi connectivity index (χ4n) is 4.18. The fourth-order valence-corrected chi connectivity index (χ4v) is 4.18. The highest BCUT2D eigenvalue weighted by molar-refractivity contribution is 5.55. The van der Waals surface area contributed by atoms with E-state index in [9.17, 15) is 5.11 Å². The normalized spacial score (nSPS) is 16.4. The van der Waals surface area contributed by atoms with E-state index in [0.717, 1.165) is 60.1 Å². The quantitative estimate of drug-likeness (QED) is 0.550. The van der Waals surface area contributed by atoms with Crippen LogP contribution in [0.25, 0.3) is 0 Å². The average molecular weight is 419 g/mol. The maximum absolute atomic E-state index is 9.72. The second-order valence-electron chi connectivity index (χ2n) is 7.90. The number of ether oxygens (including phenoxy) is 1. The van der Waals surface area contributed by atoms with Crippen LogP contribution in [0.5, 0.6) is 5.75 Å². The van der Waals surface area contributed by atoms with Crippen LogP contribution in [0.4, 0.5) is 11.6 Å². The number of anilines is 2. The zero-order valence-corrected chi connectivity index (χ0v) is 18.2. The first kappa shape index (κ1) is 21.3. The number of nitrogens with one attached hydrogen (secondary N) is 1. The summed E-state index contributed by atoms with van der Waals surface area (Å²) in [5.41, 5.74) is 4.18. The number of rotatable bonds is 8. The fraction of sp³-hybridized carbons (Fsp3) is 0.360. The second-order valence-corrected chi connectivity index (χ2v) is 7.90. The van der Waals surface area contributed by atoms with Crippen molar-refractivity contribution in [2.45, 2.75) is 45.9 Å². The Morgan fingerprint density at radius 2 is 2.10 bits per heavy atom. The van der Waals surface area contributed by atoms with Crippen molar-refractivity contribution in [3.8, 4) is 5.75 Å². The lowest BCUT2D eigenvalue weighted by atomic mass is 10.1. The summed E-state index contributed by atoms with van der Waals surface area (Å²) in [5, 5.41) is 13.1. The zero-order valence-electron chi connectivity index (χ0n) is 18.2. The summed E-state index contributed by atoms with van der Waals surface area (Å²) in [4.78, 5) is 11.8. The molecule has 0 amide bonds. The van der Waals surface area contributed by atoms with E-state index in [1.807, 2.05) is 38.1 Å². The third kappa shape index (κ3) is 5.03. The van der Waals surface area contributed by atoms with Crippen molar-refractivity contribution >= 4 is 11.6 Å². The number of aliphatic hydroxyl groups is 1. The summed E-state index contributed by atoms with van der Waals surface area (Å²) < 4.78 is 5.62. The number of aryl methyl sites for hydroxylation is 1. The first-order chi connectivity index (χ1) is 15.2. The first-order valence-corrected chi connectivity index (χ1v) is 10.9. The van der Waals surface area contributed by atoms with Gasteiger partial charge in [0.25, 0.3) is 0 Å². The highest BCUT2D eigenvalue weighted by Gasteiger charge is 2.27. The molecule has 6 nitrogen and oxygen atoms in total. The van der Waals surface area contributed by atoms with Crippen LogP contribution in [0.15, 0.2) is 54.7 Å². The van der Waals surface area contributed by atoms with Crippen LogP contribution in [-0.2, 0) is 13.2 Å². The zero-order chi connectivity index (χ0) is 21.6. The molecular weight excluding hydrogens is 388 g/mol. The minimum atomic E-state index is -0.0190. The van der Waals surface area contributed by atoms with E-state index >= 15 is 0 Å². The van der Waals surface area contributed by atoms with Crippen molar-refractivity contribution in [3.05, 3.63) is 77.1 Å². The van der Waals surface area contributed by atoms with Crippen LogP contribution >= 0.6 is 0 Å². The molecule has 0 aliphatic carbocycles. The molecule has 31 heavy (non-hydrogen) atoms. The topological polar surface area (TPSA) is 70.5 Å². The molecule has 2 N–H and O–H groups in total. The Hall–Kier alpha value is -2.96. The largest absolute Gasteiger partial charge is 0.494 e. The number of pyridine rings is 2. The number of hydrogen-bond acceptors (Lipinski definition) is 6. The summed E-state index contributed by atoms with van der Waals surface area (Å²) in [5.74, 6) is 2.41. The third-order valence-corrected chi connectivity index (χ3v) is 5.71. The van der Waals surface area contributed by atoms with E-state index < -0.39 is 0 Å². The summed E-state index contributed by atoms with van der Waals surface area (Å²) in [6.45, 7) is 6.42. The monoisotopic (exact) mass is 418 g/mol. The lowest BCUT2D eigenvalue weighted by Crippen LogP contribution is -2.23. The molecule has 0 radical (unpaired) electrons. The number of likely N-dealkylation sites (tertiary alicyclic amines) is 1. The smallest absolute Gasteiger partial charge is 0.134 e. The van der Waals surface area contributed by atoms with Gasteiger partial charge in [0.1, 0.15) is 17.4 Å². The molecule has 1 fully saturated rings. The minimum absolute atomic E-state index is 0.0190. The molecule has 4 rings (SSSR count). The van der Waals surface area contributed by atoms with Crippen LogP contribution in [0.1, 0.15) is 48.2 Å². The molecule has 3 heterocycles. The highest BCUT2D eigenvalue weighted by atomic mass is 16.5. The number of aliphatic hydroxyl groups excluding tert-OH is 1. The molecule has 1 unspecified atom stereocenters. The number of hydrogen-bond donors (Lipinski definition) is 2. The molecule has 1 saturated heterocycles. The molecule has 1 aliphatic heterocycles. The van der Waals surface area contributed by atoms with Gasteiger partial charge in [0.05, 0.1) is 24.9 Å². The van der Waals surface area contributed by atoms with Gasteiger partial charge in [-0.3, -0.25) is 4.90 Å². The van der Waals surface area contributed by atoms with Gasteiger partial charge in [0.15, 0.2) is 0 Å². The van der Waals surface area contributed by atoms with E-state index in [-0.39, 0.29) is 12.6 Å². The summed E-state index contributed by atoms with van der Waals surface area (Å²) in [6, 6.07) is 16.5. The Balaban J connectivity index is 1.50. The predicted octanol–water partition coefficient (Wildman–Crippen LogP) is 4.76. The van der Waals surface area contributed by atoms with Gasteiger partial charge in [-0.25, -0.2) is 9.97 Å². The molecule has 1 aromatic carbocycles. The molecular formula is C25H30N4O2. The molecule has 0 spiro atoms. The molecule has 0 bridgehead atoms. The van der Waals surface area contributed by atoms with Gasteiger partial charge in [0, 0.05) is 18.3 Å². The van der Waals surface area contributed by atoms with E-state index in [1.54, 1.807) is 6.20 Å². The first-order valence-electron chi connectivity index (χ1n) is 10.9. The van der Waals surface area contributed by atoms with Crippen LogP contribution in [0, 0.1) is 6.92 Å². The van der Waals surface area contributed by atoms with Crippen molar-refractivity contribution in [1.29, 1.82) is 0 Å². The van der Waals surface area contributed by atoms with Gasteiger partial charge < -0.3 is 15.2 Å². The van der Waals surface area contributed by atoms with Gasteiger partial charge in [0.2, 0.25) is 0 Å². The van der Waals surface area contributed by atoms with Crippen LogP contribution in [0.2, 0.25) is 0 Å². The van der Waals surface area contributed by atoms with Crippen LogP contribution in [-0.4, -0.2) is 33.1 Å². The van der Waals surface area contributed by atoms with Crippen molar-refractivity contribution in [2.75, 3.05) is 18.5 Å². The SMILES string of the molecule is CCOc1ccc(CN2CCCC2c2cccc(Nc3ncccc3C)n2)cc1CO. The molecule has 0 saturated carbocycles. The van der Waals surface area contributed by atoms with Crippen molar-refractivity contribution in [2.24, 2.45) is 0 Å². The molecule has 1 aliphatic rings. The predicted molar refractivity (Wildman–Crippen MR) is 122 cm³/mol.